The molecular formula is C13H22N2O2. The van der Waals surface area contributed by atoms with Crippen LogP contribution in [-0.2, 0) is 4.79 Å². The summed E-state index contributed by atoms with van der Waals surface area (Å²) in [6.45, 7) is 1.78. The second-order valence-electron chi connectivity index (χ2n) is 6.18. The van der Waals surface area contributed by atoms with Gasteiger partial charge in [-0.2, -0.15) is 0 Å². The van der Waals surface area contributed by atoms with Crippen molar-refractivity contribution in [3.8, 4) is 0 Å². The van der Waals surface area contributed by atoms with Crippen molar-refractivity contribution in [2.45, 2.75) is 44.1 Å². The van der Waals surface area contributed by atoms with Crippen LogP contribution in [0, 0.1) is 11.3 Å². The molecule has 3 N–H and O–H groups in total. The summed E-state index contributed by atoms with van der Waals surface area (Å²) in [6, 6.07) is 0. The van der Waals surface area contributed by atoms with E-state index >= 15 is 0 Å². The molecule has 1 aliphatic heterocycles. The molecule has 1 saturated heterocycles. The molecule has 2 saturated carbocycles. The first-order chi connectivity index (χ1) is 8.11. The third-order valence-electron chi connectivity index (χ3n) is 4.97. The van der Waals surface area contributed by atoms with E-state index in [-0.39, 0.29) is 29.4 Å². The summed E-state index contributed by atoms with van der Waals surface area (Å²) in [5.74, 6) is 0.548. The molecule has 1 heterocycles. The zero-order chi connectivity index (χ0) is 12.1. The number of amides is 1. The van der Waals surface area contributed by atoms with Crippen molar-refractivity contribution in [2.75, 3.05) is 19.7 Å². The molecule has 3 rings (SSSR count). The van der Waals surface area contributed by atoms with E-state index in [1.807, 2.05) is 4.90 Å². The van der Waals surface area contributed by atoms with Gasteiger partial charge in [0.25, 0.3) is 0 Å². The number of nitrogens with zero attached hydrogens (tertiary/aromatic N) is 1. The molecule has 0 radical (unpaired) electrons. The third kappa shape index (κ3) is 1.69. The van der Waals surface area contributed by atoms with Gasteiger partial charge in [0.15, 0.2) is 0 Å². The molecule has 2 aliphatic carbocycles. The molecule has 0 aromatic carbocycles. The molecule has 0 spiro atoms. The molecule has 96 valence electrons. The summed E-state index contributed by atoms with van der Waals surface area (Å²) in [4.78, 5) is 14.6. The van der Waals surface area contributed by atoms with Gasteiger partial charge < -0.3 is 15.7 Å². The lowest BCUT2D eigenvalue weighted by molar-refractivity contribution is -0.140. The van der Waals surface area contributed by atoms with Gasteiger partial charge in [-0.25, -0.2) is 0 Å². The minimum atomic E-state index is -0.218. The van der Waals surface area contributed by atoms with Crippen molar-refractivity contribution < 1.29 is 9.90 Å². The molecule has 3 fully saturated rings. The number of aliphatic hydroxyl groups is 1. The second-order valence-corrected chi connectivity index (χ2v) is 6.18. The van der Waals surface area contributed by atoms with Crippen LogP contribution < -0.4 is 5.73 Å². The summed E-state index contributed by atoms with van der Waals surface area (Å²) in [5, 5.41) is 9.22. The second kappa shape index (κ2) is 3.69. The van der Waals surface area contributed by atoms with Crippen LogP contribution in [0.4, 0.5) is 0 Å². The van der Waals surface area contributed by atoms with Crippen molar-refractivity contribution in [1.82, 2.24) is 4.90 Å². The van der Waals surface area contributed by atoms with Gasteiger partial charge in [0.1, 0.15) is 0 Å². The lowest BCUT2D eigenvalue weighted by atomic mass is 9.90. The van der Waals surface area contributed by atoms with Crippen molar-refractivity contribution in [3.05, 3.63) is 0 Å². The normalized spacial score (nSPS) is 33.3. The molecule has 1 atom stereocenters. The Kier molecular flexibility index (Phi) is 2.49. The molecule has 4 nitrogen and oxygen atoms in total. The predicted molar refractivity (Wildman–Crippen MR) is 64.2 cm³/mol. The van der Waals surface area contributed by atoms with Gasteiger partial charge >= 0.3 is 0 Å². The van der Waals surface area contributed by atoms with Crippen LogP contribution in [0.15, 0.2) is 0 Å². The number of carbonyl (C=O) groups excluding carboxylic acids is 1. The summed E-state index contributed by atoms with van der Waals surface area (Å²) < 4.78 is 0. The highest BCUT2D eigenvalue weighted by Gasteiger charge is 2.68. The smallest absolute Gasteiger partial charge is 0.230 e. The molecule has 0 aromatic heterocycles. The number of carbonyl (C=O) groups is 1. The van der Waals surface area contributed by atoms with E-state index in [0.29, 0.717) is 0 Å². The molecule has 3 aliphatic rings. The Morgan fingerprint density at radius 1 is 1.35 bits per heavy atom. The maximum Gasteiger partial charge on any atom is 0.230 e. The first-order valence-corrected chi connectivity index (χ1v) is 6.80. The first kappa shape index (κ1) is 11.5. The standard InChI is InChI=1S/C13H22N2O2/c14-13(5-6-13)12(3-4-12)11(17)15-7-1-2-10(8-15)9-16/h10,16H,1-9,14H2. The maximum absolute atomic E-state index is 12.6. The van der Waals surface area contributed by atoms with Gasteiger partial charge in [0.2, 0.25) is 5.91 Å². The average molecular weight is 238 g/mol. The minimum Gasteiger partial charge on any atom is -0.396 e. The van der Waals surface area contributed by atoms with Gasteiger partial charge in [-0.05, 0) is 44.4 Å². The first-order valence-electron chi connectivity index (χ1n) is 6.80. The number of hydrogen-bond donors (Lipinski definition) is 2. The van der Waals surface area contributed by atoms with E-state index in [1.165, 1.54) is 0 Å². The Balaban J connectivity index is 1.70. The number of piperidine rings is 1. The Labute approximate surface area is 102 Å². The van der Waals surface area contributed by atoms with Crippen LogP contribution in [0.2, 0.25) is 0 Å². The number of nitrogens with two attached hydrogens (primary N) is 1. The van der Waals surface area contributed by atoms with Gasteiger partial charge in [-0.1, -0.05) is 0 Å². The Morgan fingerprint density at radius 3 is 2.59 bits per heavy atom. The summed E-state index contributed by atoms with van der Waals surface area (Å²) in [7, 11) is 0. The van der Waals surface area contributed by atoms with Gasteiger partial charge in [-0.3, -0.25) is 4.79 Å². The Hall–Kier alpha value is -0.610. The lowest BCUT2D eigenvalue weighted by Crippen LogP contribution is -2.50. The maximum atomic E-state index is 12.6. The highest BCUT2D eigenvalue weighted by Crippen LogP contribution is 2.63. The summed E-state index contributed by atoms with van der Waals surface area (Å²) >= 11 is 0. The molecule has 1 amide bonds. The lowest BCUT2D eigenvalue weighted by Gasteiger charge is -2.36. The fourth-order valence-electron chi connectivity index (χ4n) is 3.36. The quantitative estimate of drug-likeness (QED) is 0.752. The third-order valence-corrected chi connectivity index (χ3v) is 4.97. The number of rotatable bonds is 3. The molecule has 1 unspecified atom stereocenters. The fraction of sp³-hybridized carbons (Fsp3) is 0.923. The largest absolute Gasteiger partial charge is 0.396 e. The van der Waals surface area contributed by atoms with E-state index in [9.17, 15) is 9.90 Å². The Bertz CT molecular complexity index is 334. The highest BCUT2D eigenvalue weighted by atomic mass is 16.3. The van der Waals surface area contributed by atoms with E-state index in [4.69, 9.17) is 5.73 Å². The number of aliphatic hydroxyl groups excluding tert-OH is 1. The zero-order valence-corrected chi connectivity index (χ0v) is 10.3. The van der Waals surface area contributed by atoms with Crippen molar-refractivity contribution >= 4 is 5.91 Å². The molecular weight excluding hydrogens is 216 g/mol. The van der Waals surface area contributed by atoms with Crippen molar-refractivity contribution in [1.29, 1.82) is 0 Å². The van der Waals surface area contributed by atoms with E-state index in [0.717, 1.165) is 51.6 Å². The SMILES string of the molecule is NC1(C2(C(=O)N3CCCC(CO)C3)CC2)CC1. The van der Waals surface area contributed by atoms with E-state index in [2.05, 4.69) is 0 Å². The number of hydrogen-bond acceptors (Lipinski definition) is 3. The van der Waals surface area contributed by atoms with E-state index < -0.39 is 0 Å². The molecule has 0 aromatic rings. The van der Waals surface area contributed by atoms with E-state index in [1.54, 1.807) is 0 Å². The zero-order valence-electron chi connectivity index (χ0n) is 10.3. The van der Waals surface area contributed by atoms with Crippen LogP contribution >= 0.6 is 0 Å². The predicted octanol–water partition coefficient (Wildman–Crippen LogP) is 0.489. The van der Waals surface area contributed by atoms with Crippen LogP contribution in [0.3, 0.4) is 0 Å². The summed E-state index contributed by atoms with van der Waals surface area (Å²) in [6.07, 6.45) is 6.03. The topological polar surface area (TPSA) is 66.6 Å². The molecule has 17 heavy (non-hydrogen) atoms. The molecule has 4 heteroatoms. The molecule has 0 bridgehead atoms. The van der Waals surface area contributed by atoms with Gasteiger partial charge in [0.05, 0.1) is 5.41 Å². The monoisotopic (exact) mass is 238 g/mol. The van der Waals surface area contributed by atoms with Crippen LogP contribution in [0.1, 0.15) is 38.5 Å². The minimum absolute atomic E-state index is 0.184. The van der Waals surface area contributed by atoms with Crippen LogP contribution in [0.25, 0.3) is 0 Å². The van der Waals surface area contributed by atoms with Gasteiger partial charge in [-0.15, -0.1) is 0 Å². The summed E-state index contributed by atoms with van der Waals surface area (Å²) in [5.41, 5.74) is 5.86. The van der Waals surface area contributed by atoms with Crippen molar-refractivity contribution in [3.63, 3.8) is 0 Å². The van der Waals surface area contributed by atoms with Crippen LogP contribution in [0.5, 0.6) is 0 Å². The van der Waals surface area contributed by atoms with Crippen LogP contribution in [-0.4, -0.2) is 41.1 Å². The average Bonchev–Trinajstić information content (AvgIpc) is 3.24. The number of likely N-dealkylation sites (tertiary alicyclic amines) is 1. The van der Waals surface area contributed by atoms with Crippen molar-refractivity contribution in [2.24, 2.45) is 17.1 Å². The van der Waals surface area contributed by atoms with Gasteiger partial charge in [0, 0.05) is 25.2 Å². The Morgan fingerprint density at radius 2 is 2.06 bits per heavy atom. The highest BCUT2D eigenvalue weighted by molar-refractivity contribution is 5.88. The fourth-order valence-corrected chi connectivity index (χ4v) is 3.36.